The van der Waals surface area contributed by atoms with Crippen molar-refractivity contribution in [2.45, 2.75) is 64.6 Å². The fraction of sp³-hybridized carbons (Fsp3) is 0.481. The molecule has 2 aromatic rings. The number of benzene rings is 2. The van der Waals surface area contributed by atoms with Crippen LogP contribution in [0.15, 0.2) is 54.6 Å². The van der Waals surface area contributed by atoms with E-state index in [4.69, 9.17) is 4.74 Å². The fourth-order valence-corrected chi connectivity index (χ4v) is 5.27. The molecule has 8 nitrogen and oxygen atoms in total. The Bertz CT molecular complexity index is 1100. The van der Waals surface area contributed by atoms with E-state index < -0.39 is 28.5 Å². The van der Waals surface area contributed by atoms with Crippen molar-refractivity contribution in [2.24, 2.45) is 0 Å². The molecular weight excluding hydrogens is 478 g/mol. The Morgan fingerprint density at radius 1 is 1.03 bits per heavy atom. The number of sulfonamides is 1. The summed E-state index contributed by atoms with van der Waals surface area (Å²) in [5, 5.41) is 3.09. The first-order valence-electron chi connectivity index (χ1n) is 12.5. The molecule has 1 aliphatic rings. The van der Waals surface area contributed by atoms with Gasteiger partial charge in [0.1, 0.15) is 18.3 Å². The van der Waals surface area contributed by atoms with Crippen LogP contribution in [0.3, 0.4) is 0 Å². The summed E-state index contributed by atoms with van der Waals surface area (Å²) >= 11 is 0. The van der Waals surface area contributed by atoms with Crippen LogP contribution >= 0.6 is 0 Å². The molecule has 0 aromatic heterocycles. The molecule has 1 unspecified atom stereocenters. The van der Waals surface area contributed by atoms with Gasteiger partial charge in [-0.3, -0.25) is 13.9 Å². The third-order valence-corrected chi connectivity index (χ3v) is 7.57. The molecule has 9 heteroatoms. The maximum atomic E-state index is 13.6. The van der Waals surface area contributed by atoms with E-state index in [1.54, 1.807) is 31.2 Å². The van der Waals surface area contributed by atoms with Gasteiger partial charge in [-0.25, -0.2) is 8.42 Å². The Labute approximate surface area is 214 Å². The Hall–Kier alpha value is -3.07. The van der Waals surface area contributed by atoms with Crippen LogP contribution in [0.25, 0.3) is 0 Å². The molecule has 36 heavy (non-hydrogen) atoms. The van der Waals surface area contributed by atoms with E-state index in [0.717, 1.165) is 41.8 Å². The van der Waals surface area contributed by atoms with Crippen LogP contribution in [-0.2, 0) is 26.2 Å². The van der Waals surface area contributed by atoms with Crippen molar-refractivity contribution in [3.8, 4) is 5.75 Å². The number of amides is 2. The highest BCUT2D eigenvalue weighted by Crippen LogP contribution is 2.23. The average Bonchev–Trinajstić information content (AvgIpc) is 2.86. The minimum absolute atomic E-state index is 0.110. The lowest BCUT2D eigenvalue weighted by atomic mass is 9.95. The van der Waals surface area contributed by atoms with Gasteiger partial charge in [-0.2, -0.15) is 0 Å². The summed E-state index contributed by atoms with van der Waals surface area (Å²) in [5.74, 6) is -0.0673. The molecule has 0 bridgehead atoms. The highest BCUT2D eigenvalue weighted by atomic mass is 32.2. The number of anilines is 1. The third-order valence-electron chi connectivity index (χ3n) is 6.43. The van der Waals surface area contributed by atoms with Crippen LogP contribution in [0.2, 0.25) is 0 Å². The van der Waals surface area contributed by atoms with Gasteiger partial charge < -0.3 is 15.0 Å². The van der Waals surface area contributed by atoms with E-state index in [0.29, 0.717) is 18.0 Å². The summed E-state index contributed by atoms with van der Waals surface area (Å²) in [6.45, 7) is 3.83. The first-order valence-corrected chi connectivity index (χ1v) is 14.4. The number of carbonyl (C=O) groups excluding carboxylic acids is 2. The Morgan fingerprint density at radius 2 is 1.67 bits per heavy atom. The van der Waals surface area contributed by atoms with E-state index in [1.165, 1.54) is 11.3 Å². The molecule has 0 heterocycles. The topological polar surface area (TPSA) is 96.0 Å². The van der Waals surface area contributed by atoms with Gasteiger partial charge in [-0.1, -0.05) is 49.6 Å². The number of carbonyl (C=O) groups is 2. The van der Waals surface area contributed by atoms with Gasteiger partial charge >= 0.3 is 0 Å². The average molecular weight is 516 g/mol. The van der Waals surface area contributed by atoms with Gasteiger partial charge in [-0.15, -0.1) is 0 Å². The number of hydrogen-bond donors (Lipinski definition) is 1. The van der Waals surface area contributed by atoms with E-state index >= 15 is 0 Å². The molecule has 0 radical (unpaired) electrons. The SMILES string of the molecule is CCOc1ccc(N(CC(=O)N(Cc2ccccc2)C(C)C(=O)NC2CCCCC2)S(C)(=O)=O)cc1. The maximum absolute atomic E-state index is 13.6. The summed E-state index contributed by atoms with van der Waals surface area (Å²) in [6, 6.07) is 15.3. The van der Waals surface area contributed by atoms with Crippen molar-refractivity contribution in [2.75, 3.05) is 23.7 Å². The van der Waals surface area contributed by atoms with Crippen molar-refractivity contribution < 1.29 is 22.7 Å². The predicted molar refractivity (Wildman–Crippen MR) is 141 cm³/mol. The van der Waals surface area contributed by atoms with Crippen molar-refractivity contribution in [1.82, 2.24) is 10.2 Å². The smallest absolute Gasteiger partial charge is 0.244 e. The zero-order chi connectivity index (χ0) is 26.1. The Morgan fingerprint density at radius 3 is 2.25 bits per heavy atom. The number of nitrogens with zero attached hydrogens (tertiary/aromatic N) is 2. The second-order valence-electron chi connectivity index (χ2n) is 9.22. The largest absolute Gasteiger partial charge is 0.494 e. The lowest BCUT2D eigenvalue weighted by Gasteiger charge is -2.33. The van der Waals surface area contributed by atoms with Crippen LogP contribution in [0.5, 0.6) is 5.75 Å². The standard InChI is InChI=1S/C27H37N3O5S/c1-4-35-25-17-15-24(16-18-25)30(36(3,33)34)20-26(31)29(19-22-11-7-5-8-12-22)21(2)27(32)28-23-13-9-6-10-14-23/h5,7-8,11-12,15-18,21,23H,4,6,9-10,13-14,19-20H2,1-3H3,(H,28,32). The van der Waals surface area contributed by atoms with Crippen LogP contribution in [0.1, 0.15) is 51.5 Å². The monoisotopic (exact) mass is 515 g/mol. The molecule has 1 atom stereocenters. The quantitative estimate of drug-likeness (QED) is 0.492. The van der Waals surface area contributed by atoms with Crippen molar-refractivity contribution >= 4 is 27.5 Å². The highest BCUT2D eigenvalue weighted by Gasteiger charge is 2.31. The molecule has 2 amide bonds. The molecule has 1 N–H and O–H groups in total. The van der Waals surface area contributed by atoms with Gasteiger partial charge in [0, 0.05) is 12.6 Å². The zero-order valence-corrected chi connectivity index (χ0v) is 22.2. The number of rotatable bonds is 11. The lowest BCUT2D eigenvalue weighted by Crippen LogP contribution is -2.52. The summed E-state index contributed by atoms with van der Waals surface area (Å²) in [5.41, 5.74) is 1.21. The minimum atomic E-state index is -3.77. The molecule has 0 spiro atoms. The lowest BCUT2D eigenvalue weighted by molar-refractivity contribution is -0.139. The van der Waals surface area contributed by atoms with Gasteiger partial charge in [0.05, 0.1) is 18.6 Å². The summed E-state index contributed by atoms with van der Waals surface area (Å²) in [4.78, 5) is 28.2. The van der Waals surface area contributed by atoms with Crippen molar-refractivity contribution in [1.29, 1.82) is 0 Å². The minimum Gasteiger partial charge on any atom is -0.494 e. The van der Waals surface area contributed by atoms with Crippen LogP contribution in [0.4, 0.5) is 5.69 Å². The summed E-state index contributed by atoms with van der Waals surface area (Å²) < 4.78 is 31.8. The van der Waals surface area contributed by atoms with Gasteiger partial charge in [0.15, 0.2) is 0 Å². The van der Waals surface area contributed by atoms with Crippen molar-refractivity contribution in [3.63, 3.8) is 0 Å². The normalized spacial score (nSPS) is 15.1. The predicted octanol–water partition coefficient (Wildman–Crippen LogP) is 3.72. The van der Waals surface area contributed by atoms with Gasteiger partial charge in [0.2, 0.25) is 21.8 Å². The number of ether oxygens (including phenoxy) is 1. The maximum Gasteiger partial charge on any atom is 0.244 e. The molecule has 0 aliphatic heterocycles. The summed E-state index contributed by atoms with van der Waals surface area (Å²) in [6.07, 6.45) is 6.27. The molecule has 2 aromatic carbocycles. The molecule has 3 rings (SSSR count). The van der Waals surface area contributed by atoms with Gasteiger partial charge in [-0.05, 0) is 56.5 Å². The molecular formula is C27H37N3O5S. The molecule has 0 saturated heterocycles. The fourth-order valence-electron chi connectivity index (χ4n) is 4.42. The Kier molecular flexibility index (Phi) is 9.75. The molecule has 1 aliphatic carbocycles. The molecule has 1 saturated carbocycles. The summed E-state index contributed by atoms with van der Waals surface area (Å²) in [7, 11) is -3.77. The molecule has 1 fully saturated rings. The van der Waals surface area contributed by atoms with E-state index in [1.807, 2.05) is 37.3 Å². The number of nitrogens with one attached hydrogen (secondary N) is 1. The third kappa shape index (κ3) is 7.71. The number of hydrogen-bond acceptors (Lipinski definition) is 5. The highest BCUT2D eigenvalue weighted by molar-refractivity contribution is 7.92. The first kappa shape index (κ1) is 27.5. The van der Waals surface area contributed by atoms with Crippen LogP contribution < -0.4 is 14.4 Å². The van der Waals surface area contributed by atoms with Gasteiger partial charge in [0.25, 0.3) is 0 Å². The zero-order valence-electron chi connectivity index (χ0n) is 21.4. The second-order valence-corrected chi connectivity index (χ2v) is 11.1. The van der Waals surface area contributed by atoms with Crippen LogP contribution in [-0.4, -0.2) is 56.6 Å². The molecule has 196 valence electrons. The first-order chi connectivity index (χ1) is 17.2. The van der Waals surface area contributed by atoms with E-state index in [9.17, 15) is 18.0 Å². The Balaban J connectivity index is 1.83. The van der Waals surface area contributed by atoms with E-state index in [-0.39, 0.29) is 18.5 Å². The van der Waals surface area contributed by atoms with E-state index in [2.05, 4.69) is 5.32 Å². The van der Waals surface area contributed by atoms with Crippen LogP contribution in [0, 0.1) is 0 Å². The second kappa shape index (κ2) is 12.8. The van der Waals surface area contributed by atoms with Crippen molar-refractivity contribution in [3.05, 3.63) is 60.2 Å².